The van der Waals surface area contributed by atoms with Crippen molar-refractivity contribution in [2.45, 2.75) is 95.7 Å². The summed E-state index contributed by atoms with van der Waals surface area (Å²) in [6, 6.07) is 0. The molecule has 0 saturated carbocycles. The SMILES string of the molecule is CCCCCCCCCCCCCC(=O)C(C)Br. The molecule has 0 N–H and O–H groups in total. The Morgan fingerprint density at radius 1 is 0.833 bits per heavy atom. The fourth-order valence-corrected chi connectivity index (χ4v) is 2.39. The Morgan fingerprint density at radius 3 is 1.61 bits per heavy atom. The number of halogens is 1. The highest BCUT2D eigenvalue weighted by atomic mass is 79.9. The summed E-state index contributed by atoms with van der Waals surface area (Å²) in [7, 11) is 0. The van der Waals surface area contributed by atoms with Crippen molar-refractivity contribution in [1.29, 1.82) is 0 Å². The number of carbonyl (C=O) groups is 1. The molecule has 18 heavy (non-hydrogen) atoms. The second kappa shape index (κ2) is 13.6. The van der Waals surface area contributed by atoms with Gasteiger partial charge >= 0.3 is 0 Å². The van der Waals surface area contributed by atoms with Crippen molar-refractivity contribution in [3.05, 3.63) is 0 Å². The smallest absolute Gasteiger partial charge is 0.146 e. The number of hydrogen-bond acceptors (Lipinski definition) is 1. The van der Waals surface area contributed by atoms with Crippen LogP contribution >= 0.6 is 15.9 Å². The molecule has 0 bridgehead atoms. The standard InChI is InChI=1S/C16H31BrO/c1-3-4-5-6-7-8-9-10-11-12-13-14-16(18)15(2)17/h15H,3-14H2,1-2H3. The lowest BCUT2D eigenvalue weighted by Crippen LogP contribution is -2.08. The van der Waals surface area contributed by atoms with E-state index in [1.54, 1.807) is 0 Å². The summed E-state index contributed by atoms with van der Waals surface area (Å²) >= 11 is 3.32. The fourth-order valence-electron chi connectivity index (χ4n) is 2.16. The van der Waals surface area contributed by atoms with Crippen LogP contribution in [-0.4, -0.2) is 10.6 Å². The normalized spacial score (nSPS) is 12.6. The summed E-state index contributed by atoms with van der Waals surface area (Å²) in [5, 5.41) is 0. The fraction of sp³-hybridized carbons (Fsp3) is 0.938. The number of unbranched alkanes of at least 4 members (excludes halogenated alkanes) is 10. The van der Waals surface area contributed by atoms with E-state index in [-0.39, 0.29) is 4.83 Å². The number of rotatable bonds is 13. The molecular weight excluding hydrogens is 288 g/mol. The Balaban J connectivity index is 3.05. The largest absolute Gasteiger partial charge is 0.298 e. The molecule has 0 aliphatic heterocycles. The summed E-state index contributed by atoms with van der Waals surface area (Å²) in [5.41, 5.74) is 0. The number of carbonyl (C=O) groups excluding carboxylic acids is 1. The minimum atomic E-state index is 0.0422. The van der Waals surface area contributed by atoms with E-state index in [0.29, 0.717) is 5.78 Å². The summed E-state index contributed by atoms with van der Waals surface area (Å²) in [4.78, 5) is 11.4. The summed E-state index contributed by atoms with van der Waals surface area (Å²) in [6.07, 6.45) is 15.5. The van der Waals surface area contributed by atoms with Crippen molar-refractivity contribution in [2.24, 2.45) is 0 Å². The van der Waals surface area contributed by atoms with Gasteiger partial charge in [-0.05, 0) is 13.3 Å². The van der Waals surface area contributed by atoms with E-state index >= 15 is 0 Å². The first-order valence-corrected chi connectivity index (χ1v) is 8.76. The van der Waals surface area contributed by atoms with Gasteiger partial charge in [-0.1, -0.05) is 87.1 Å². The van der Waals surface area contributed by atoms with E-state index in [1.807, 2.05) is 6.92 Å². The van der Waals surface area contributed by atoms with Crippen LogP contribution in [0.15, 0.2) is 0 Å². The van der Waals surface area contributed by atoms with Gasteiger partial charge in [-0.3, -0.25) is 4.79 Å². The molecule has 0 saturated heterocycles. The van der Waals surface area contributed by atoms with Crippen molar-refractivity contribution >= 4 is 21.7 Å². The third-order valence-electron chi connectivity index (χ3n) is 3.47. The zero-order valence-electron chi connectivity index (χ0n) is 12.3. The molecule has 0 aromatic heterocycles. The van der Waals surface area contributed by atoms with Crippen LogP contribution in [0.5, 0.6) is 0 Å². The van der Waals surface area contributed by atoms with Crippen LogP contribution < -0.4 is 0 Å². The minimum absolute atomic E-state index is 0.0422. The van der Waals surface area contributed by atoms with Crippen LogP contribution in [0.3, 0.4) is 0 Å². The Hall–Kier alpha value is 0.150. The second-order valence-corrected chi connectivity index (χ2v) is 6.74. The average molecular weight is 319 g/mol. The molecule has 0 radical (unpaired) electrons. The van der Waals surface area contributed by atoms with Gasteiger partial charge in [-0.25, -0.2) is 0 Å². The van der Waals surface area contributed by atoms with Gasteiger partial charge in [0.15, 0.2) is 0 Å². The summed E-state index contributed by atoms with van der Waals surface area (Å²) < 4.78 is 0. The Bertz CT molecular complexity index is 190. The van der Waals surface area contributed by atoms with Crippen molar-refractivity contribution in [3.8, 4) is 0 Å². The molecule has 0 aromatic rings. The molecule has 2 heteroatoms. The van der Waals surface area contributed by atoms with E-state index in [2.05, 4.69) is 22.9 Å². The molecule has 0 amide bonds. The molecule has 0 aliphatic rings. The molecule has 1 nitrogen and oxygen atoms in total. The molecule has 0 aromatic carbocycles. The first-order chi connectivity index (χ1) is 8.68. The van der Waals surface area contributed by atoms with Gasteiger partial charge in [0.25, 0.3) is 0 Å². The summed E-state index contributed by atoms with van der Waals surface area (Å²) in [5.74, 6) is 0.353. The highest BCUT2D eigenvalue weighted by Crippen LogP contribution is 2.13. The number of Topliss-reactive ketones (excluding diaryl/α,β-unsaturated/α-hetero) is 1. The molecule has 1 unspecified atom stereocenters. The molecule has 0 heterocycles. The topological polar surface area (TPSA) is 17.1 Å². The zero-order valence-corrected chi connectivity index (χ0v) is 13.9. The van der Waals surface area contributed by atoms with Gasteiger partial charge in [0, 0.05) is 6.42 Å². The lowest BCUT2D eigenvalue weighted by Gasteiger charge is -2.03. The van der Waals surface area contributed by atoms with Gasteiger partial charge in [0.2, 0.25) is 0 Å². The van der Waals surface area contributed by atoms with Gasteiger partial charge in [0.05, 0.1) is 4.83 Å². The maximum Gasteiger partial charge on any atom is 0.146 e. The van der Waals surface area contributed by atoms with E-state index in [1.165, 1.54) is 64.2 Å². The third kappa shape index (κ3) is 12.6. The van der Waals surface area contributed by atoms with Gasteiger partial charge in [-0.15, -0.1) is 0 Å². The highest BCUT2D eigenvalue weighted by molar-refractivity contribution is 9.10. The van der Waals surface area contributed by atoms with E-state index in [4.69, 9.17) is 0 Å². The Morgan fingerprint density at radius 2 is 1.22 bits per heavy atom. The molecule has 108 valence electrons. The quantitative estimate of drug-likeness (QED) is 0.299. The van der Waals surface area contributed by atoms with Crippen LogP contribution in [0.4, 0.5) is 0 Å². The van der Waals surface area contributed by atoms with E-state index in [0.717, 1.165) is 12.8 Å². The van der Waals surface area contributed by atoms with E-state index < -0.39 is 0 Å². The van der Waals surface area contributed by atoms with Crippen molar-refractivity contribution in [1.82, 2.24) is 0 Å². The summed E-state index contributed by atoms with van der Waals surface area (Å²) in [6.45, 7) is 4.18. The minimum Gasteiger partial charge on any atom is -0.298 e. The second-order valence-electron chi connectivity index (χ2n) is 5.37. The monoisotopic (exact) mass is 318 g/mol. The number of hydrogen-bond donors (Lipinski definition) is 0. The highest BCUT2D eigenvalue weighted by Gasteiger charge is 2.07. The van der Waals surface area contributed by atoms with E-state index in [9.17, 15) is 4.79 Å². The van der Waals surface area contributed by atoms with Crippen LogP contribution in [0, 0.1) is 0 Å². The third-order valence-corrected chi connectivity index (χ3v) is 3.98. The van der Waals surface area contributed by atoms with Gasteiger partial charge < -0.3 is 0 Å². The van der Waals surface area contributed by atoms with Crippen molar-refractivity contribution in [2.75, 3.05) is 0 Å². The van der Waals surface area contributed by atoms with Crippen LogP contribution in [0.25, 0.3) is 0 Å². The van der Waals surface area contributed by atoms with Crippen molar-refractivity contribution in [3.63, 3.8) is 0 Å². The molecule has 1 atom stereocenters. The predicted octanol–water partition coefficient (Wildman–Crippen LogP) is 6.04. The Kier molecular flexibility index (Phi) is 13.7. The average Bonchev–Trinajstić information content (AvgIpc) is 2.35. The molecule has 0 rings (SSSR count). The molecule has 0 aliphatic carbocycles. The molecule has 0 spiro atoms. The van der Waals surface area contributed by atoms with Crippen molar-refractivity contribution < 1.29 is 4.79 Å². The predicted molar refractivity (Wildman–Crippen MR) is 84.5 cm³/mol. The van der Waals surface area contributed by atoms with Crippen LogP contribution in [0.2, 0.25) is 0 Å². The first kappa shape index (κ1) is 18.1. The molecular formula is C16H31BrO. The lowest BCUT2D eigenvalue weighted by molar-refractivity contribution is -0.118. The Labute approximate surface area is 122 Å². The lowest BCUT2D eigenvalue weighted by atomic mass is 10.0. The van der Waals surface area contributed by atoms with Crippen LogP contribution in [0.1, 0.15) is 90.9 Å². The molecule has 0 fully saturated rings. The van der Waals surface area contributed by atoms with Gasteiger partial charge in [-0.2, -0.15) is 0 Å². The maximum absolute atomic E-state index is 11.4. The zero-order chi connectivity index (χ0) is 13.6. The maximum atomic E-state index is 11.4. The number of alkyl halides is 1. The first-order valence-electron chi connectivity index (χ1n) is 7.85. The van der Waals surface area contributed by atoms with Crippen LogP contribution in [-0.2, 0) is 4.79 Å². The number of ketones is 1. The van der Waals surface area contributed by atoms with Gasteiger partial charge in [0.1, 0.15) is 5.78 Å².